The standard InChI is InChI=1S/C13H12Br.C10H9.Zr/c1-8-5-10-7-9-3-2-4-11(9)13(14)12(10)6-8;1-8-6-7-9-4-2-3-5-10(8)9;/h5-7H,2-4H2,1H3;2-7H,1H3;/q2*-1;+2. The molecule has 0 radical (unpaired) electrons. The van der Waals surface area contributed by atoms with Crippen molar-refractivity contribution in [1.29, 1.82) is 0 Å². The SMILES string of the molecule is C[c-]1ccc2ccccc21.Cc1cc2c(Br)c3c(cc2[cH-]1)CCC3.[Zr+2]. The summed E-state index contributed by atoms with van der Waals surface area (Å²) >= 11 is 3.75. The molecular weight excluding hydrogens is 447 g/mol. The fourth-order valence-electron chi connectivity index (χ4n) is 3.82. The molecule has 2 heteroatoms. The van der Waals surface area contributed by atoms with Crippen LogP contribution in [0.15, 0.2) is 59.1 Å². The van der Waals surface area contributed by atoms with Crippen molar-refractivity contribution in [2.75, 3.05) is 0 Å². The first-order chi connectivity index (χ1) is 11.6. The molecule has 0 heterocycles. The van der Waals surface area contributed by atoms with Crippen LogP contribution in [0.4, 0.5) is 0 Å². The van der Waals surface area contributed by atoms with Crippen LogP contribution < -0.4 is 0 Å². The van der Waals surface area contributed by atoms with Crippen LogP contribution in [0.1, 0.15) is 28.7 Å². The van der Waals surface area contributed by atoms with Gasteiger partial charge in [-0.1, -0.05) is 41.4 Å². The Labute approximate surface area is 177 Å². The molecule has 0 spiro atoms. The number of aryl methyl sites for hydroxylation is 3. The van der Waals surface area contributed by atoms with Gasteiger partial charge in [-0.15, -0.1) is 63.0 Å². The Balaban J connectivity index is 0.000000148. The van der Waals surface area contributed by atoms with E-state index in [0.29, 0.717) is 0 Å². The number of fused-ring (bicyclic) bond motifs is 3. The number of rotatable bonds is 0. The van der Waals surface area contributed by atoms with Gasteiger partial charge in [0, 0.05) is 0 Å². The van der Waals surface area contributed by atoms with E-state index in [0.717, 1.165) is 0 Å². The molecule has 1 aliphatic rings. The van der Waals surface area contributed by atoms with Crippen molar-refractivity contribution in [1.82, 2.24) is 0 Å². The summed E-state index contributed by atoms with van der Waals surface area (Å²) in [5, 5.41) is 5.51. The van der Waals surface area contributed by atoms with Crippen LogP contribution in [-0.4, -0.2) is 0 Å². The average molecular weight is 469 g/mol. The number of hydrogen-bond acceptors (Lipinski definition) is 0. The van der Waals surface area contributed by atoms with Crippen molar-refractivity contribution in [3.05, 3.63) is 81.3 Å². The van der Waals surface area contributed by atoms with E-state index in [1.807, 2.05) is 0 Å². The van der Waals surface area contributed by atoms with E-state index < -0.39 is 0 Å². The summed E-state index contributed by atoms with van der Waals surface area (Å²) in [6.07, 6.45) is 3.82. The van der Waals surface area contributed by atoms with E-state index in [2.05, 4.69) is 84.4 Å². The van der Waals surface area contributed by atoms with E-state index in [-0.39, 0.29) is 26.2 Å². The Bertz CT molecular complexity index is 1020. The van der Waals surface area contributed by atoms with Gasteiger partial charge in [0.05, 0.1) is 0 Å². The third-order valence-electron chi connectivity index (χ3n) is 5.06. The van der Waals surface area contributed by atoms with Crippen LogP contribution >= 0.6 is 15.9 Å². The maximum atomic E-state index is 3.75. The van der Waals surface area contributed by atoms with Gasteiger partial charge in [-0.3, -0.25) is 0 Å². The molecule has 4 aromatic carbocycles. The predicted molar refractivity (Wildman–Crippen MR) is 108 cm³/mol. The molecule has 25 heavy (non-hydrogen) atoms. The van der Waals surface area contributed by atoms with Crippen molar-refractivity contribution in [3.8, 4) is 0 Å². The Hall–Kier alpha value is -0.977. The summed E-state index contributed by atoms with van der Waals surface area (Å²) in [7, 11) is 0. The largest absolute Gasteiger partial charge is 2.00 e. The fourth-order valence-corrected chi connectivity index (χ4v) is 4.61. The number of benzene rings is 2. The minimum absolute atomic E-state index is 0. The summed E-state index contributed by atoms with van der Waals surface area (Å²) in [4.78, 5) is 0. The van der Waals surface area contributed by atoms with Crippen LogP contribution in [0.5, 0.6) is 0 Å². The third kappa shape index (κ3) is 3.62. The second-order valence-corrected chi connectivity index (χ2v) is 7.61. The maximum absolute atomic E-state index is 3.75. The molecule has 0 aliphatic heterocycles. The summed E-state index contributed by atoms with van der Waals surface area (Å²) < 4.78 is 1.34. The first kappa shape index (κ1) is 18.8. The van der Waals surface area contributed by atoms with E-state index in [1.54, 1.807) is 11.1 Å². The fraction of sp³-hybridized carbons (Fsp3) is 0.217. The summed E-state index contributed by atoms with van der Waals surface area (Å²) in [6, 6.07) is 19.7. The molecule has 0 saturated heterocycles. The zero-order valence-electron chi connectivity index (χ0n) is 14.7. The molecule has 5 rings (SSSR count). The topological polar surface area (TPSA) is 0 Å². The second-order valence-electron chi connectivity index (χ2n) is 6.82. The van der Waals surface area contributed by atoms with Gasteiger partial charge in [0.1, 0.15) is 0 Å². The first-order valence-corrected chi connectivity index (χ1v) is 9.41. The maximum Gasteiger partial charge on any atom is 2.00 e. The minimum Gasteiger partial charge on any atom is -0.168 e. The Morgan fingerprint density at radius 1 is 1.08 bits per heavy atom. The second kappa shape index (κ2) is 7.72. The molecule has 0 nitrogen and oxygen atoms in total. The molecule has 0 fully saturated rings. The zero-order chi connectivity index (χ0) is 16.7. The van der Waals surface area contributed by atoms with Crippen molar-refractivity contribution >= 4 is 37.5 Å². The van der Waals surface area contributed by atoms with Crippen molar-refractivity contribution in [2.24, 2.45) is 0 Å². The molecule has 0 unspecified atom stereocenters. The zero-order valence-corrected chi connectivity index (χ0v) is 18.7. The smallest absolute Gasteiger partial charge is 0.168 e. The third-order valence-corrected chi connectivity index (χ3v) is 5.96. The van der Waals surface area contributed by atoms with Crippen molar-refractivity contribution in [3.63, 3.8) is 0 Å². The van der Waals surface area contributed by atoms with Gasteiger partial charge in [-0.05, 0) is 29.3 Å². The molecule has 0 bridgehead atoms. The van der Waals surface area contributed by atoms with Crippen molar-refractivity contribution < 1.29 is 26.2 Å². The van der Waals surface area contributed by atoms with Crippen molar-refractivity contribution in [2.45, 2.75) is 33.1 Å². The molecule has 4 aromatic rings. The van der Waals surface area contributed by atoms with Crippen LogP contribution in [0, 0.1) is 13.8 Å². The van der Waals surface area contributed by atoms with Gasteiger partial charge in [0.15, 0.2) is 0 Å². The van der Waals surface area contributed by atoms with Gasteiger partial charge in [0.25, 0.3) is 0 Å². The van der Waals surface area contributed by atoms with Crippen LogP contribution in [0.25, 0.3) is 21.5 Å². The summed E-state index contributed by atoms with van der Waals surface area (Å²) in [5.41, 5.74) is 5.83. The quantitative estimate of drug-likeness (QED) is 0.244. The predicted octanol–water partition coefficient (Wildman–Crippen LogP) is 6.98. The van der Waals surface area contributed by atoms with Gasteiger partial charge < -0.3 is 0 Å². The summed E-state index contributed by atoms with van der Waals surface area (Å²) in [5.74, 6) is 0. The molecule has 0 amide bonds. The van der Waals surface area contributed by atoms with Gasteiger partial charge in [0.2, 0.25) is 0 Å². The molecule has 124 valence electrons. The number of halogens is 1. The molecule has 0 atom stereocenters. The van der Waals surface area contributed by atoms with Crippen LogP contribution in [-0.2, 0) is 39.0 Å². The van der Waals surface area contributed by atoms with E-state index in [1.165, 1.54) is 56.4 Å². The minimum atomic E-state index is 0. The molecule has 0 aromatic heterocycles. The van der Waals surface area contributed by atoms with Gasteiger partial charge in [-0.25, -0.2) is 0 Å². The van der Waals surface area contributed by atoms with E-state index >= 15 is 0 Å². The Morgan fingerprint density at radius 3 is 2.68 bits per heavy atom. The average Bonchev–Trinajstić information content (AvgIpc) is 3.28. The molecule has 0 N–H and O–H groups in total. The van der Waals surface area contributed by atoms with Gasteiger partial charge in [-0.2, -0.15) is 18.2 Å². The van der Waals surface area contributed by atoms with E-state index in [9.17, 15) is 0 Å². The number of hydrogen-bond donors (Lipinski definition) is 0. The van der Waals surface area contributed by atoms with E-state index in [4.69, 9.17) is 0 Å². The molecule has 1 aliphatic carbocycles. The Kier molecular flexibility index (Phi) is 5.81. The van der Waals surface area contributed by atoms with Crippen LogP contribution in [0.2, 0.25) is 0 Å². The van der Waals surface area contributed by atoms with Gasteiger partial charge >= 0.3 is 26.2 Å². The Morgan fingerprint density at radius 2 is 1.88 bits per heavy atom. The normalized spacial score (nSPS) is 12.6. The molecular formula is C23H21BrZr. The van der Waals surface area contributed by atoms with Crippen LogP contribution in [0.3, 0.4) is 0 Å². The summed E-state index contributed by atoms with van der Waals surface area (Å²) in [6.45, 7) is 4.31. The first-order valence-electron chi connectivity index (χ1n) is 8.62. The monoisotopic (exact) mass is 466 g/mol. The molecule has 0 saturated carbocycles.